The molecular weight excluding hydrogens is 811 g/mol. The summed E-state index contributed by atoms with van der Waals surface area (Å²) in [5, 5.41) is 11.6. The molecule has 271 valence electrons. The predicted molar refractivity (Wildman–Crippen MR) is 213 cm³/mol. The van der Waals surface area contributed by atoms with Crippen LogP contribution in [0.25, 0.3) is 0 Å². The van der Waals surface area contributed by atoms with Gasteiger partial charge in [0.1, 0.15) is 0 Å². The van der Waals surface area contributed by atoms with Crippen molar-refractivity contribution in [3.63, 3.8) is 0 Å². The van der Waals surface area contributed by atoms with Gasteiger partial charge in [0.05, 0.1) is 0 Å². The van der Waals surface area contributed by atoms with Gasteiger partial charge >= 0.3 is 316 Å². The van der Waals surface area contributed by atoms with Crippen LogP contribution in [-0.4, -0.2) is 86.8 Å². The van der Waals surface area contributed by atoms with E-state index >= 15 is 0 Å². The Morgan fingerprint density at radius 1 is 0.478 bits per heavy atom. The molecule has 0 aliphatic carbocycles. The first-order valence-electron chi connectivity index (χ1n) is 19.2. The number of rotatable bonds is 27. The molecule has 0 amide bonds. The van der Waals surface area contributed by atoms with Gasteiger partial charge in [0, 0.05) is 0 Å². The first-order valence-corrected chi connectivity index (χ1v) is 32.1. The summed E-state index contributed by atoms with van der Waals surface area (Å²) >= 11 is -0.259. The molecular formula is C38H79Ge4O4. The third-order valence-electron chi connectivity index (χ3n) is 7.16. The molecule has 0 fully saturated rings. The van der Waals surface area contributed by atoms with Crippen molar-refractivity contribution in [3.8, 4) is 0 Å². The molecule has 0 N–H and O–H groups in total. The summed E-state index contributed by atoms with van der Waals surface area (Å²) < 4.78 is 10.1. The Labute approximate surface area is 314 Å². The maximum atomic E-state index is 11.9. The van der Waals surface area contributed by atoms with Crippen LogP contribution in [0, 0.1) is 0 Å². The minimum atomic E-state index is -1.75. The first-order chi connectivity index (χ1) is 22.3. The molecule has 0 aromatic heterocycles. The average molecular weight is 890 g/mol. The van der Waals surface area contributed by atoms with Crippen LogP contribution in [-0.2, 0) is 19.1 Å². The SMILES string of the molecule is CCC[CH2][Ge]([CH2]CCC)/[C](=C/C(=O)OC)C(=O)OC.CCC[CH2][Ge][CH2]CCC.CCC[CH2][Ge][CH2]CCC.CCC[CH2][Ge][CH2]CCC. The van der Waals surface area contributed by atoms with Crippen LogP contribution in [0.15, 0.2) is 10.5 Å². The summed E-state index contributed by atoms with van der Waals surface area (Å²) in [4.78, 5) is 23.3. The summed E-state index contributed by atoms with van der Waals surface area (Å²) in [5.41, 5.74) is 0. The summed E-state index contributed by atoms with van der Waals surface area (Å²) in [6.07, 6.45) is 23.1. The van der Waals surface area contributed by atoms with Crippen LogP contribution < -0.4 is 0 Å². The van der Waals surface area contributed by atoms with Crippen molar-refractivity contribution in [2.24, 2.45) is 0 Å². The van der Waals surface area contributed by atoms with Crippen molar-refractivity contribution in [2.75, 3.05) is 14.2 Å². The second-order valence-corrected chi connectivity index (χ2v) is 27.0. The molecule has 0 unspecified atom stereocenters. The fourth-order valence-corrected chi connectivity index (χ4v) is 19.5. The second kappa shape index (κ2) is 50.2. The Balaban J connectivity index is -0.000000276. The van der Waals surface area contributed by atoms with E-state index in [0.29, 0.717) is 50.7 Å². The normalized spacial score (nSPS) is 10.6. The molecule has 0 rings (SSSR count). The number of esters is 2. The molecule has 0 aromatic rings. The van der Waals surface area contributed by atoms with Gasteiger partial charge in [0.2, 0.25) is 0 Å². The van der Waals surface area contributed by atoms with E-state index in [1.54, 1.807) is 31.5 Å². The Hall–Kier alpha value is 0.851. The summed E-state index contributed by atoms with van der Waals surface area (Å²) in [7, 11) is 2.69. The van der Waals surface area contributed by atoms with Gasteiger partial charge < -0.3 is 0 Å². The third-order valence-corrected chi connectivity index (χ3v) is 22.4. The van der Waals surface area contributed by atoms with E-state index in [4.69, 9.17) is 4.74 Å². The zero-order valence-electron chi connectivity index (χ0n) is 32.7. The zero-order chi connectivity index (χ0) is 35.5. The Morgan fingerprint density at radius 2 is 0.761 bits per heavy atom. The van der Waals surface area contributed by atoms with Gasteiger partial charge in [-0.25, -0.2) is 0 Å². The topological polar surface area (TPSA) is 52.6 Å². The van der Waals surface area contributed by atoms with E-state index in [-0.39, 0.29) is 5.97 Å². The van der Waals surface area contributed by atoms with Crippen LogP contribution in [0.5, 0.6) is 0 Å². The Kier molecular flexibility index (Phi) is 58.6. The van der Waals surface area contributed by atoms with E-state index in [0.717, 1.165) is 36.2 Å². The molecule has 0 heterocycles. The standard InChI is InChI=1S/C14H25GeO4.3C8H18Ge/c1-5-7-9-15(10-8-6-2)12(14(17)19-4)11-13(16)18-3;3*1-3-5-7-9-8-6-4-2/h11H,5-10H2,1-4H3;3*3-8H2,1-2H3/b12-11+;;;. The fraction of sp³-hybridized carbons (Fsp3) is 0.895. The zero-order valence-corrected chi connectivity index (χ0v) is 41.1. The molecule has 0 aliphatic heterocycles. The van der Waals surface area contributed by atoms with Crippen LogP contribution in [0.4, 0.5) is 0 Å². The predicted octanol–water partition coefficient (Wildman–Crippen LogP) is 12.3. The summed E-state index contributed by atoms with van der Waals surface area (Å²) in [6, 6.07) is 0. The van der Waals surface area contributed by atoms with Crippen molar-refractivity contribution in [2.45, 2.75) is 200 Å². The molecule has 0 atom stereocenters. The fourth-order valence-electron chi connectivity index (χ4n) is 3.95. The van der Waals surface area contributed by atoms with Gasteiger partial charge in [-0.2, -0.15) is 0 Å². The molecule has 46 heavy (non-hydrogen) atoms. The monoisotopic (exact) mass is 895 g/mol. The van der Waals surface area contributed by atoms with E-state index in [1.807, 2.05) is 0 Å². The van der Waals surface area contributed by atoms with Crippen LogP contribution in [0.2, 0.25) is 42.0 Å². The summed E-state index contributed by atoms with van der Waals surface area (Å²) in [5.74, 6) is -0.814. The molecule has 0 bridgehead atoms. The van der Waals surface area contributed by atoms with Crippen LogP contribution >= 0.6 is 0 Å². The Bertz CT molecular complexity index is 558. The molecule has 7 radical (unpaired) electrons. The quantitative estimate of drug-likeness (QED) is 0.0357. The molecule has 0 spiro atoms. The van der Waals surface area contributed by atoms with Gasteiger partial charge in [-0.05, 0) is 0 Å². The van der Waals surface area contributed by atoms with E-state index < -0.39 is 20.3 Å². The van der Waals surface area contributed by atoms with Crippen molar-refractivity contribution in [1.29, 1.82) is 0 Å². The molecule has 0 aromatic carbocycles. The summed E-state index contributed by atoms with van der Waals surface area (Å²) in [6.45, 7) is 18.0. The van der Waals surface area contributed by atoms with E-state index in [2.05, 4.69) is 60.1 Å². The first kappa shape index (κ1) is 53.6. The van der Waals surface area contributed by atoms with E-state index in [9.17, 15) is 9.59 Å². The van der Waals surface area contributed by atoms with E-state index in [1.165, 1.54) is 97.3 Å². The van der Waals surface area contributed by atoms with Gasteiger partial charge in [0.15, 0.2) is 0 Å². The van der Waals surface area contributed by atoms with Gasteiger partial charge in [-0.3, -0.25) is 0 Å². The number of unbranched alkanes of at least 4 members (excludes halogenated alkanes) is 8. The molecule has 0 saturated carbocycles. The van der Waals surface area contributed by atoms with Crippen LogP contribution in [0.3, 0.4) is 0 Å². The van der Waals surface area contributed by atoms with Gasteiger partial charge in [-0.1, -0.05) is 0 Å². The minimum absolute atomic E-state index is 0.354. The number of carbonyl (C=O) groups is 2. The second-order valence-electron chi connectivity index (χ2n) is 11.8. The number of hydrogen-bond donors (Lipinski definition) is 0. The third kappa shape index (κ3) is 47.0. The number of methoxy groups -OCH3 is 2. The van der Waals surface area contributed by atoms with Crippen molar-refractivity contribution >= 4 is 72.6 Å². The number of carbonyl (C=O) groups excluding carboxylic acids is 2. The molecule has 0 aliphatic rings. The average Bonchev–Trinajstić information content (AvgIpc) is 3.08. The number of hydrogen-bond acceptors (Lipinski definition) is 4. The molecule has 0 saturated heterocycles. The van der Waals surface area contributed by atoms with Gasteiger partial charge in [0.25, 0.3) is 0 Å². The van der Waals surface area contributed by atoms with Gasteiger partial charge in [-0.15, -0.1) is 0 Å². The Morgan fingerprint density at radius 3 is 0.978 bits per heavy atom. The van der Waals surface area contributed by atoms with Crippen molar-refractivity contribution in [3.05, 3.63) is 10.5 Å². The van der Waals surface area contributed by atoms with Crippen molar-refractivity contribution < 1.29 is 19.1 Å². The van der Waals surface area contributed by atoms with Crippen molar-refractivity contribution in [1.82, 2.24) is 0 Å². The molecule has 8 heteroatoms. The molecule has 4 nitrogen and oxygen atoms in total. The maximum absolute atomic E-state index is 11.9. The number of ether oxygens (including phenoxy) is 2. The van der Waals surface area contributed by atoms with Crippen LogP contribution in [0.1, 0.15) is 158 Å².